The maximum atomic E-state index is 10.7. The molecule has 0 spiro atoms. The minimum absolute atomic E-state index is 0.240. The first-order chi connectivity index (χ1) is 15.4. The summed E-state index contributed by atoms with van der Waals surface area (Å²) in [6.07, 6.45) is 8.55. The molecule has 0 saturated carbocycles. The number of hydrogen-bond donors (Lipinski definition) is 2. The van der Waals surface area contributed by atoms with Crippen LogP contribution in [-0.4, -0.2) is 49.6 Å². The summed E-state index contributed by atoms with van der Waals surface area (Å²) in [5.41, 5.74) is 1.33. The van der Waals surface area contributed by atoms with Crippen LogP contribution in [0, 0.1) is 0 Å². The van der Waals surface area contributed by atoms with Crippen LogP contribution in [0.2, 0.25) is 0 Å². The van der Waals surface area contributed by atoms with Gasteiger partial charge in [0.1, 0.15) is 13.2 Å². The summed E-state index contributed by atoms with van der Waals surface area (Å²) in [6.45, 7) is 0.481. The number of methoxy groups -OCH3 is 2. The molecule has 0 atom stereocenters. The van der Waals surface area contributed by atoms with E-state index in [1.165, 1.54) is 26.4 Å². The van der Waals surface area contributed by atoms with E-state index in [9.17, 15) is 9.59 Å². The van der Waals surface area contributed by atoms with Crippen molar-refractivity contribution in [2.75, 3.05) is 27.4 Å². The van der Waals surface area contributed by atoms with Gasteiger partial charge in [0.2, 0.25) is 0 Å². The van der Waals surface area contributed by atoms with Crippen molar-refractivity contribution in [1.82, 2.24) is 0 Å². The van der Waals surface area contributed by atoms with Crippen LogP contribution < -0.4 is 18.9 Å². The predicted molar refractivity (Wildman–Crippen MR) is 119 cm³/mol. The van der Waals surface area contributed by atoms with Crippen molar-refractivity contribution in [3.05, 3.63) is 71.8 Å². The Morgan fingerprint density at radius 3 is 1.47 bits per heavy atom. The number of aliphatic carboxylic acids is 2. The van der Waals surface area contributed by atoms with Crippen LogP contribution in [0.4, 0.5) is 0 Å². The van der Waals surface area contributed by atoms with E-state index >= 15 is 0 Å². The fourth-order valence-electron chi connectivity index (χ4n) is 2.57. The molecular weight excluding hydrogens is 416 g/mol. The van der Waals surface area contributed by atoms with Crippen LogP contribution in [-0.2, 0) is 9.59 Å². The second-order valence-corrected chi connectivity index (χ2v) is 6.26. The van der Waals surface area contributed by atoms with Crippen LogP contribution in [0.5, 0.6) is 23.0 Å². The molecule has 2 N–H and O–H groups in total. The van der Waals surface area contributed by atoms with Crippen molar-refractivity contribution in [1.29, 1.82) is 0 Å². The SMILES string of the molecule is COc1ccc(C=CC(=O)O)cc1OCC=CCOc1cc(C=CC(=O)O)ccc1OC. The first-order valence-corrected chi connectivity index (χ1v) is 9.51. The average Bonchev–Trinajstić information content (AvgIpc) is 2.78. The van der Waals surface area contributed by atoms with E-state index in [-0.39, 0.29) is 13.2 Å². The van der Waals surface area contributed by atoms with Crippen LogP contribution >= 0.6 is 0 Å². The Labute approximate surface area is 185 Å². The highest BCUT2D eigenvalue weighted by atomic mass is 16.5. The topological polar surface area (TPSA) is 112 Å². The minimum atomic E-state index is -1.04. The molecule has 2 aromatic carbocycles. The molecule has 2 rings (SSSR count). The van der Waals surface area contributed by atoms with Crippen LogP contribution in [0.3, 0.4) is 0 Å². The summed E-state index contributed by atoms with van der Waals surface area (Å²) < 4.78 is 21.9. The van der Waals surface area contributed by atoms with E-state index in [0.29, 0.717) is 34.1 Å². The minimum Gasteiger partial charge on any atom is -0.493 e. The quantitative estimate of drug-likeness (QED) is 0.377. The molecule has 0 heterocycles. The van der Waals surface area contributed by atoms with Gasteiger partial charge in [-0.2, -0.15) is 0 Å². The van der Waals surface area contributed by atoms with Gasteiger partial charge in [0.15, 0.2) is 23.0 Å². The number of hydrogen-bond acceptors (Lipinski definition) is 6. The Balaban J connectivity index is 1.95. The van der Waals surface area contributed by atoms with Gasteiger partial charge in [-0.1, -0.05) is 12.1 Å². The number of ether oxygens (including phenoxy) is 4. The lowest BCUT2D eigenvalue weighted by molar-refractivity contribution is -0.132. The molecule has 32 heavy (non-hydrogen) atoms. The Bertz CT molecular complexity index is 939. The highest BCUT2D eigenvalue weighted by Gasteiger charge is 2.06. The van der Waals surface area contributed by atoms with Gasteiger partial charge in [-0.15, -0.1) is 0 Å². The molecule has 0 aromatic heterocycles. The van der Waals surface area contributed by atoms with Crippen molar-refractivity contribution in [3.63, 3.8) is 0 Å². The molecule has 8 heteroatoms. The van der Waals surface area contributed by atoms with Gasteiger partial charge in [-0.25, -0.2) is 9.59 Å². The first-order valence-electron chi connectivity index (χ1n) is 9.51. The van der Waals surface area contributed by atoms with Crippen LogP contribution in [0.25, 0.3) is 12.2 Å². The van der Waals surface area contributed by atoms with Crippen LogP contribution in [0.1, 0.15) is 11.1 Å². The van der Waals surface area contributed by atoms with Crippen molar-refractivity contribution >= 4 is 24.1 Å². The molecule has 0 bridgehead atoms. The summed E-state index contributed by atoms with van der Waals surface area (Å²) in [7, 11) is 3.04. The van der Waals surface area contributed by atoms with E-state index in [1.54, 1.807) is 48.6 Å². The highest BCUT2D eigenvalue weighted by Crippen LogP contribution is 2.29. The van der Waals surface area contributed by atoms with Crippen molar-refractivity contribution in [2.45, 2.75) is 0 Å². The fourth-order valence-corrected chi connectivity index (χ4v) is 2.57. The van der Waals surface area contributed by atoms with Gasteiger partial charge >= 0.3 is 11.9 Å². The summed E-state index contributed by atoms with van der Waals surface area (Å²) in [5, 5.41) is 17.5. The number of rotatable bonds is 12. The molecule has 168 valence electrons. The lowest BCUT2D eigenvalue weighted by atomic mass is 10.2. The Morgan fingerprint density at radius 1 is 0.719 bits per heavy atom. The molecule has 0 radical (unpaired) electrons. The summed E-state index contributed by atoms with van der Waals surface area (Å²) >= 11 is 0. The van der Waals surface area contributed by atoms with Gasteiger partial charge < -0.3 is 29.2 Å². The standard InChI is InChI=1S/C24H24O8/c1-29-19-9-5-17(7-11-23(25)26)15-21(19)31-13-3-4-14-32-22-16-18(8-12-24(27)28)6-10-20(22)30-2/h3-12,15-16H,13-14H2,1-2H3,(H,25,26)(H,27,28). The third-order valence-corrected chi connectivity index (χ3v) is 4.05. The lowest BCUT2D eigenvalue weighted by Crippen LogP contribution is -2.00. The predicted octanol–water partition coefficient (Wildman–Crippen LogP) is 3.91. The summed E-state index contributed by atoms with van der Waals surface area (Å²) in [5.74, 6) is -0.0656. The monoisotopic (exact) mass is 440 g/mol. The Hall–Kier alpha value is -4.20. The van der Waals surface area contributed by atoms with Gasteiger partial charge in [-0.3, -0.25) is 0 Å². The largest absolute Gasteiger partial charge is 0.493 e. The molecule has 2 aromatic rings. The van der Waals surface area contributed by atoms with Crippen molar-refractivity contribution in [2.24, 2.45) is 0 Å². The lowest BCUT2D eigenvalue weighted by Gasteiger charge is -2.11. The fraction of sp³-hybridized carbons (Fsp3) is 0.167. The number of carboxylic acid groups (broad SMARTS) is 2. The van der Waals surface area contributed by atoms with Gasteiger partial charge in [0, 0.05) is 12.2 Å². The zero-order chi connectivity index (χ0) is 23.3. The van der Waals surface area contributed by atoms with E-state index in [4.69, 9.17) is 29.2 Å². The number of benzene rings is 2. The molecular formula is C24H24O8. The Morgan fingerprint density at radius 2 is 1.12 bits per heavy atom. The first kappa shape index (κ1) is 24.1. The Kier molecular flexibility index (Phi) is 9.39. The van der Waals surface area contributed by atoms with E-state index in [0.717, 1.165) is 12.2 Å². The van der Waals surface area contributed by atoms with E-state index < -0.39 is 11.9 Å². The molecule has 0 aliphatic carbocycles. The third kappa shape index (κ3) is 7.91. The highest BCUT2D eigenvalue weighted by molar-refractivity contribution is 5.86. The van der Waals surface area contributed by atoms with Gasteiger partial charge in [0.25, 0.3) is 0 Å². The zero-order valence-corrected chi connectivity index (χ0v) is 17.7. The van der Waals surface area contributed by atoms with Gasteiger partial charge in [-0.05, 0) is 59.7 Å². The number of carbonyl (C=O) groups is 2. The second-order valence-electron chi connectivity index (χ2n) is 6.26. The smallest absolute Gasteiger partial charge is 0.328 e. The maximum Gasteiger partial charge on any atom is 0.328 e. The molecule has 0 aliphatic rings. The van der Waals surface area contributed by atoms with Crippen molar-refractivity contribution < 1.29 is 38.7 Å². The number of carboxylic acids is 2. The maximum absolute atomic E-state index is 10.7. The van der Waals surface area contributed by atoms with Crippen molar-refractivity contribution in [3.8, 4) is 23.0 Å². The van der Waals surface area contributed by atoms with Crippen LogP contribution in [0.15, 0.2) is 60.7 Å². The van der Waals surface area contributed by atoms with Gasteiger partial charge in [0.05, 0.1) is 14.2 Å². The van der Waals surface area contributed by atoms with E-state index in [1.807, 2.05) is 0 Å². The molecule has 0 aliphatic heterocycles. The molecule has 0 amide bonds. The summed E-state index contributed by atoms with van der Waals surface area (Å²) in [6, 6.07) is 10.2. The second kappa shape index (κ2) is 12.5. The molecule has 0 fully saturated rings. The van der Waals surface area contributed by atoms with E-state index in [2.05, 4.69) is 0 Å². The third-order valence-electron chi connectivity index (χ3n) is 4.05. The molecule has 0 saturated heterocycles. The normalized spacial score (nSPS) is 11.2. The molecule has 8 nitrogen and oxygen atoms in total. The molecule has 0 unspecified atom stereocenters. The summed E-state index contributed by atoms with van der Waals surface area (Å²) in [4.78, 5) is 21.4. The zero-order valence-electron chi connectivity index (χ0n) is 17.7. The average molecular weight is 440 g/mol.